The summed E-state index contributed by atoms with van der Waals surface area (Å²) in [6.07, 6.45) is 1.74. The van der Waals surface area contributed by atoms with Crippen LogP contribution in [0.3, 0.4) is 0 Å². The third kappa shape index (κ3) is 4.55. The topological polar surface area (TPSA) is 64.7 Å². The van der Waals surface area contributed by atoms with Gasteiger partial charge in [0.1, 0.15) is 5.75 Å². The maximum absolute atomic E-state index is 11.2. The molecule has 0 unspecified atom stereocenters. The summed E-state index contributed by atoms with van der Waals surface area (Å²) in [5, 5.41) is 0.841. The van der Waals surface area contributed by atoms with Crippen LogP contribution >= 0.6 is 23.4 Å². The van der Waals surface area contributed by atoms with Crippen molar-refractivity contribution in [3.8, 4) is 5.75 Å². The summed E-state index contributed by atoms with van der Waals surface area (Å²) in [7, 11) is 0. The molecule has 2 N–H and O–H groups in total. The van der Waals surface area contributed by atoms with E-state index in [1.54, 1.807) is 30.5 Å². The lowest BCUT2D eigenvalue weighted by Crippen LogP contribution is -2.14. The molecule has 1 amide bonds. The number of nitrogens with zero attached hydrogens (tertiary/aromatic N) is 1. The number of hydrogen-bond donors (Lipinski definition) is 1. The van der Waals surface area contributed by atoms with Crippen LogP contribution in [0.4, 0.5) is 0 Å². The quantitative estimate of drug-likeness (QED) is 0.665. The fourth-order valence-corrected chi connectivity index (χ4v) is 1.20. The van der Waals surface area contributed by atoms with E-state index >= 15 is 0 Å². The van der Waals surface area contributed by atoms with Crippen molar-refractivity contribution in [3.63, 3.8) is 0 Å². The smallest absolute Gasteiger partial charge is 0.285 e. The van der Waals surface area contributed by atoms with E-state index in [0.717, 1.165) is 0 Å². The van der Waals surface area contributed by atoms with Gasteiger partial charge in [-0.3, -0.25) is 4.79 Å². The van der Waals surface area contributed by atoms with Gasteiger partial charge in [0.05, 0.1) is 0 Å². The fraction of sp³-hybridized carbons (Fsp3) is 0.200. The molecule has 0 saturated heterocycles. The summed E-state index contributed by atoms with van der Waals surface area (Å²) >= 11 is 6.91. The SMILES string of the molecule is CSC(N)=NC(=O)COc1ccc(Cl)cc1. The predicted molar refractivity (Wildman–Crippen MR) is 67.1 cm³/mol. The number of amidine groups is 1. The van der Waals surface area contributed by atoms with Gasteiger partial charge in [0, 0.05) is 5.02 Å². The van der Waals surface area contributed by atoms with Gasteiger partial charge >= 0.3 is 0 Å². The Kier molecular flexibility index (Phi) is 5.14. The van der Waals surface area contributed by atoms with Gasteiger partial charge in [0.15, 0.2) is 11.8 Å². The molecule has 0 spiro atoms. The Bertz CT molecular complexity index is 392. The third-order valence-corrected chi connectivity index (χ3v) is 2.38. The molecule has 16 heavy (non-hydrogen) atoms. The van der Waals surface area contributed by atoms with E-state index in [-0.39, 0.29) is 11.8 Å². The van der Waals surface area contributed by atoms with Crippen LogP contribution < -0.4 is 10.5 Å². The van der Waals surface area contributed by atoms with Crippen molar-refractivity contribution in [2.45, 2.75) is 0 Å². The van der Waals surface area contributed by atoms with Crippen LogP contribution in [0.1, 0.15) is 0 Å². The first-order chi connectivity index (χ1) is 7.61. The van der Waals surface area contributed by atoms with E-state index in [1.165, 1.54) is 11.8 Å². The van der Waals surface area contributed by atoms with Crippen LogP contribution in [-0.2, 0) is 4.79 Å². The molecule has 0 aliphatic carbocycles. The number of halogens is 1. The number of carbonyl (C=O) groups is 1. The lowest BCUT2D eigenvalue weighted by Gasteiger charge is -2.03. The van der Waals surface area contributed by atoms with Gasteiger partial charge in [-0.1, -0.05) is 23.4 Å². The number of carbonyl (C=O) groups excluding carboxylic acids is 1. The van der Waals surface area contributed by atoms with E-state index in [9.17, 15) is 4.79 Å². The van der Waals surface area contributed by atoms with Crippen LogP contribution in [-0.4, -0.2) is 23.9 Å². The highest BCUT2D eigenvalue weighted by Crippen LogP contribution is 2.15. The molecule has 0 fully saturated rings. The molecule has 86 valence electrons. The molecule has 4 nitrogen and oxygen atoms in total. The number of hydrogen-bond acceptors (Lipinski definition) is 3. The van der Waals surface area contributed by atoms with Gasteiger partial charge < -0.3 is 10.5 Å². The van der Waals surface area contributed by atoms with Crippen molar-refractivity contribution in [1.82, 2.24) is 0 Å². The van der Waals surface area contributed by atoms with Crippen LogP contribution in [0.25, 0.3) is 0 Å². The largest absolute Gasteiger partial charge is 0.484 e. The van der Waals surface area contributed by atoms with Crippen molar-refractivity contribution < 1.29 is 9.53 Å². The number of benzene rings is 1. The highest BCUT2D eigenvalue weighted by atomic mass is 35.5. The van der Waals surface area contributed by atoms with Gasteiger partial charge in [-0.05, 0) is 30.5 Å². The zero-order valence-corrected chi connectivity index (χ0v) is 10.2. The highest BCUT2D eigenvalue weighted by Gasteiger charge is 2.02. The Labute approximate surface area is 103 Å². The maximum Gasteiger partial charge on any atom is 0.285 e. The molecular weight excluding hydrogens is 248 g/mol. The van der Waals surface area contributed by atoms with E-state index in [0.29, 0.717) is 10.8 Å². The van der Waals surface area contributed by atoms with E-state index < -0.39 is 5.91 Å². The van der Waals surface area contributed by atoms with Crippen molar-refractivity contribution in [3.05, 3.63) is 29.3 Å². The summed E-state index contributed by atoms with van der Waals surface area (Å²) in [6.45, 7) is -0.136. The molecular formula is C10H11ClN2O2S. The second-order valence-electron chi connectivity index (χ2n) is 2.79. The standard InChI is InChI=1S/C10H11ClN2O2S/c1-16-10(12)13-9(14)6-15-8-4-2-7(11)3-5-8/h2-5H,6H2,1H3,(H2,12,13,14). The molecule has 6 heteroatoms. The lowest BCUT2D eigenvalue weighted by molar-refractivity contribution is -0.119. The molecule has 0 aliphatic rings. The predicted octanol–water partition coefficient (Wildman–Crippen LogP) is 1.92. The first-order valence-corrected chi connectivity index (χ1v) is 6.01. The van der Waals surface area contributed by atoms with E-state index in [1.807, 2.05) is 0 Å². The number of thioether (sulfide) groups is 1. The van der Waals surface area contributed by atoms with Gasteiger partial charge in [0.25, 0.3) is 5.91 Å². The monoisotopic (exact) mass is 258 g/mol. The maximum atomic E-state index is 11.2. The Balaban J connectivity index is 2.46. The third-order valence-electron chi connectivity index (χ3n) is 1.62. The minimum absolute atomic E-state index is 0.136. The molecule has 0 atom stereocenters. The molecule has 0 bridgehead atoms. The van der Waals surface area contributed by atoms with Crippen molar-refractivity contribution in [2.24, 2.45) is 10.7 Å². The fourth-order valence-electron chi connectivity index (χ4n) is 0.877. The molecule has 1 rings (SSSR count). The average molecular weight is 259 g/mol. The Hall–Kier alpha value is -1.20. The van der Waals surface area contributed by atoms with Gasteiger partial charge in [-0.15, -0.1) is 0 Å². The van der Waals surface area contributed by atoms with Crippen molar-refractivity contribution in [1.29, 1.82) is 0 Å². The number of nitrogens with two attached hydrogens (primary N) is 1. The summed E-state index contributed by atoms with van der Waals surface area (Å²) in [5.41, 5.74) is 5.38. The van der Waals surface area contributed by atoms with Crippen LogP contribution in [0, 0.1) is 0 Å². The van der Waals surface area contributed by atoms with Gasteiger partial charge in [-0.2, -0.15) is 4.99 Å². The van der Waals surface area contributed by atoms with E-state index in [4.69, 9.17) is 22.1 Å². The molecule has 0 saturated carbocycles. The molecule has 1 aromatic rings. The van der Waals surface area contributed by atoms with Gasteiger partial charge in [-0.25, -0.2) is 0 Å². The second kappa shape index (κ2) is 6.40. The molecule has 0 heterocycles. The van der Waals surface area contributed by atoms with Crippen molar-refractivity contribution >= 4 is 34.4 Å². The average Bonchev–Trinajstić information content (AvgIpc) is 2.28. The summed E-state index contributed by atoms with van der Waals surface area (Å²) in [4.78, 5) is 14.8. The molecule has 1 aromatic carbocycles. The zero-order valence-electron chi connectivity index (χ0n) is 8.64. The van der Waals surface area contributed by atoms with Crippen molar-refractivity contribution in [2.75, 3.05) is 12.9 Å². The number of aliphatic imine (C=N–C) groups is 1. The summed E-state index contributed by atoms with van der Waals surface area (Å²) < 4.78 is 5.19. The second-order valence-corrected chi connectivity index (χ2v) is 4.05. The number of ether oxygens (including phenoxy) is 1. The Morgan fingerprint density at radius 2 is 2.12 bits per heavy atom. The zero-order chi connectivity index (χ0) is 12.0. The number of rotatable bonds is 3. The summed E-state index contributed by atoms with van der Waals surface area (Å²) in [6, 6.07) is 6.72. The van der Waals surface area contributed by atoms with E-state index in [2.05, 4.69) is 4.99 Å². The van der Waals surface area contributed by atoms with Gasteiger partial charge in [0.2, 0.25) is 0 Å². The van der Waals surface area contributed by atoms with Crippen LogP contribution in [0.2, 0.25) is 5.02 Å². The Morgan fingerprint density at radius 3 is 2.69 bits per heavy atom. The highest BCUT2D eigenvalue weighted by molar-refractivity contribution is 8.13. The minimum atomic E-state index is -0.415. The van der Waals surface area contributed by atoms with Crippen LogP contribution in [0.5, 0.6) is 5.75 Å². The normalized spacial score (nSPS) is 11.2. The van der Waals surface area contributed by atoms with Crippen LogP contribution in [0.15, 0.2) is 29.3 Å². The first-order valence-electron chi connectivity index (χ1n) is 4.41. The molecule has 0 aromatic heterocycles. The molecule has 0 aliphatic heterocycles. The summed E-state index contributed by atoms with van der Waals surface area (Å²) in [5.74, 6) is 0.150. The first kappa shape index (κ1) is 12.9. The Morgan fingerprint density at radius 1 is 1.50 bits per heavy atom. The number of amides is 1. The lowest BCUT2D eigenvalue weighted by atomic mass is 10.3. The molecule has 0 radical (unpaired) electrons. The minimum Gasteiger partial charge on any atom is -0.484 e.